The molecule has 6 nitrogen and oxygen atoms in total. The molecular formula is C7H13N3O3S. The molecule has 0 saturated heterocycles. The Morgan fingerprint density at radius 3 is 2.93 bits per heavy atom. The SMILES string of the molecule is COCCCn1ccnc1S(N)(=O)=O. The van der Waals surface area contributed by atoms with Gasteiger partial charge in [0.25, 0.3) is 10.0 Å². The number of hydrogen-bond donors (Lipinski definition) is 1. The number of primary sulfonamides is 1. The maximum absolute atomic E-state index is 11.0. The molecule has 0 radical (unpaired) electrons. The van der Waals surface area contributed by atoms with E-state index in [2.05, 4.69) is 4.98 Å². The molecule has 1 aromatic rings. The molecule has 0 spiro atoms. The number of rotatable bonds is 5. The molecule has 0 saturated carbocycles. The van der Waals surface area contributed by atoms with Crippen molar-refractivity contribution in [1.82, 2.24) is 9.55 Å². The van der Waals surface area contributed by atoms with E-state index in [0.717, 1.165) is 6.42 Å². The summed E-state index contributed by atoms with van der Waals surface area (Å²) in [6.07, 6.45) is 3.71. The van der Waals surface area contributed by atoms with Crippen molar-refractivity contribution >= 4 is 10.0 Å². The van der Waals surface area contributed by atoms with Crippen LogP contribution in [0, 0.1) is 0 Å². The molecule has 0 unspecified atom stereocenters. The van der Waals surface area contributed by atoms with Gasteiger partial charge in [0.15, 0.2) is 0 Å². The Morgan fingerprint density at radius 1 is 1.64 bits per heavy atom. The van der Waals surface area contributed by atoms with Gasteiger partial charge >= 0.3 is 0 Å². The summed E-state index contributed by atoms with van der Waals surface area (Å²) in [5, 5.41) is 4.86. The van der Waals surface area contributed by atoms with Gasteiger partial charge < -0.3 is 9.30 Å². The second-order valence-corrected chi connectivity index (χ2v) is 4.25. The summed E-state index contributed by atoms with van der Waals surface area (Å²) >= 11 is 0. The van der Waals surface area contributed by atoms with Crippen LogP contribution in [0.15, 0.2) is 17.6 Å². The molecule has 0 aromatic carbocycles. The van der Waals surface area contributed by atoms with Crippen LogP contribution in [-0.2, 0) is 21.3 Å². The number of nitrogens with zero attached hydrogens (tertiary/aromatic N) is 2. The minimum absolute atomic E-state index is 0.103. The van der Waals surface area contributed by atoms with Gasteiger partial charge in [-0.05, 0) is 6.42 Å². The molecular weight excluding hydrogens is 206 g/mol. The predicted molar refractivity (Wildman–Crippen MR) is 50.1 cm³/mol. The molecule has 1 rings (SSSR count). The van der Waals surface area contributed by atoms with Crippen LogP contribution < -0.4 is 5.14 Å². The van der Waals surface area contributed by atoms with Gasteiger partial charge in [0.1, 0.15) is 0 Å². The van der Waals surface area contributed by atoms with Crippen molar-refractivity contribution in [3.8, 4) is 0 Å². The number of imidazole rings is 1. The van der Waals surface area contributed by atoms with Gasteiger partial charge in [-0.25, -0.2) is 18.5 Å². The van der Waals surface area contributed by atoms with Crippen LogP contribution >= 0.6 is 0 Å². The van der Waals surface area contributed by atoms with E-state index in [4.69, 9.17) is 9.88 Å². The lowest BCUT2D eigenvalue weighted by molar-refractivity contribution is 0.189. The predicted octanol–water partition coefficient (Wildman–Crippen LogP) is -0.433. The minimum Gasteiger partial charge on any atom is -0.385 e. The summed E-state index contributed by atoms with van der Waals surface area (Å²) in [7, 11) is -2.12. The number of ether oxygens (including phenoxy) is 1. The lowest BCUT2D eigenvalue weighted by atomic mass is 10.4. The highest BCUT2D eigenvalue weighted by atomic mass is 32.2. The monoisotopic (exact) mass is 219 g/mol. The van der Waals surface area contributed by atoms with E-state index >= 15 is 0 Å². The zero-order valence-electron chi connectivity index (χ0n) is 7.88. The van der Waals surface area contributed by atoms with Crippen LogP contribution in [0.1, 0.15) is 6.42 Å². The van der Waals surface area contributed by atoms with E-state index in [1.807, 2.05) is 0 Å². The first-order chi connectivity index (χ1) is 6.55. The molecule has 0 aliphatic heterocycles. The first-order valence-electron chi connectivity index (χ1n) is 4.08. The quantitative estimate of drug-likeness (QED) is 0.680. The van der Waals surface area contributed by atoms with E-state index < -0.39 is 10.0 Å². The zero-order chi connectivity index (χ0) is 10.6. The zero-order valence-corrected chi connectivity index (χ0v) is 8.70. The highest BCUT2D eigenvalue weighted by Gasteiger charge is 2.14. The Labute approximate surface area is 82.7 Å². The largest absolute Gasteiger partial charge is 0.385 e. The molecule has 0 amide bonds. The Bertz CT molecular complexity index is 385. The summed E-state index contributed by atoms with van der Waals surface area (Å²) in [4.78, 5) is 3.68. The highest BCUT2D eigenvalue weighted by Crippen LogP contribution is 2.04. The summed E-state index contributed by atoms with van der Waals surface area (Å²) < 4.78 is 28.4. The molecule has 0 aliphatic rings. The molecule has 0 bridgehead atoms. The third-order valence-electron chi connectivity index (χ3n) is 1.68. The van der Waals surface area contributed by atoms with Gasteiger partial charge in [0.05, 0.1) is 0 Å². The lowest BCUT2D eigenvalue weighted by Crippen LogP contribution is -2.18. The van der Waals surface area contributed by atoms with Crippen LogP contribution in [0.2, 0.25) is 0 Å². The van der Waals surface area contributed by atoms with Crippen LogP contribution in [0.3, 0.4) is 0 Å². The van der Waals surface area contributed by atoms with Gasteiger partial charge in [0, 0.05) is 32.7 Å². The number of nitrogens with two attached hydrogens (primary N) is 1. The van der Waals surface area contributed by atoms with Crippen molar-refractivity contribution in [2.24, 2.45) is 5.14 Å². The molecule has 0 atom stereocenters. The summed E-state index contributed by atoms with van der Waals surface area (Å²) in [5.41, 5.74) is 0. The van der Waals surface area contributed by atoms with Gasteiger partial charge in [0.2, 0.25) is 5.16 Å². The van der Waals surface area contributed by atoms with E-state index in [9.17, 15) is 8.42 Å². The van der Waals surface area contributed by atoms with Gasteiger partial charge in [-0.1, -0.05) is 0 Å². The number of sulfonamides is 1. The van der Waals surface area contributed by atoms with E-state index in [-0.39, 0.29) is 5.16 Å². The molecule has 0 fully saturated rings. The third-order valence-corrected chi connectivity index (χ3v) is 2.53. The van der Waals surface area contributed by atoms with Crippen molar-refractivity contribution in [3.63, 3.8) is 0 Å². The normalized spacial score (nSPS) is 11.9. The topological polar surface area (TPSA) is 87.2 Å². The second-order valence-electron chi connectivity index (χ2n) is 2.79. The van der Waals surface area contributed by atoms with Crippen LogP contribution in [0.25, 0.3) is 0 Å². The van der Waals surface area contributed by atoms with Crippen LogP contribution in [-0.4, -0.2) is 31.7 Å². The fourth-order valence-corrected chi connectivity index (χ4v) is 1.79. The van der Waals surface area contributed by atoms with Crippen molar-refractivity contribution in [1.29, 1.82) is 0 Å². The molecule has 2 N–H and O–H groups in total. The van der Waals surface area contributed by atoms with Crippen LogP contribution in [0.4, 0.5) is 0 Å². The Balaban J connectivity index is 2.74. The first-order valence-corrected chi connectivity index (χ1v) is 5.63. The number of methoxy groups -OCH3 is 1. The van der Waals surface area contributed by atoms with E-state index in [0.29, 0.717) is 13.2 Å². The average Bonchev–Trinajstić information content (AvgIpc) is 2.52. The number of aromatic nitrogens is 2. The van der Waals surface area contributed by atoms with Crippen molar-refractivity contribution in [2.75, 3.05) is 13.7 Å². The third kappa shape index (κ3) is 2.79. The van der Waals surface area contributed by atoms with Crippen molar-refractivity contribution < 1.29 is 13.2 Å². The number of aryl methyl sites for hydroxylation is 1. The Morgan fingerprint density at radius 2 is 2.36 bits per heavy atom. The molecule has 80 valence electrons. The van der Waals surface area contributed by atoms with Crippen molar-refractivity contribution in [2.45, 2.75) is 18.1 Å². The highest BCUT2D eigenvalue weighted by molar-refractivity contribution is 7.89. The van der Waals surface area contributed by atoms with E-state index in [1.54, 1.807) is 13.3 Å². The smallest absolute Gasteiger partial charge is 0.272 e. The summed E-state index contributed by atoms with van der Waals surface area (Å²) in [5.74, 6) is 0. The van der Waals surface area contributed by atoms with Crippen molar-refractivity contribution in [3.05, 3.63) is 12.4 Å². The maximum atomic E-state index is 11.0. The molecule has 1 aromatic heterocycles. The second kappa shape index (κ2) is 4.54. The number of hydrogen-bond acceptors (Lipinski definition) is 4. The molecule has 1 heterocycles. The fourth-order valence-electron chi connectivity index (χ4n) is 1.10. The Kier molecular flexibility index (Phi) is 3.62. The summed E-state index contributed by atoms with van der Waals surface area (Å²) in [6.45, 7) is 1.10. The Hall–Kier alpha value is -0.920. The average molecular weight is 219 g/mol. The standard InChI is InChI=1S/C7H13N3O3S/c1-13-6-2-4-10-5-3-9-7(10)14(8,11)12/h3,5H,2,4,6H2,1H3,(H2,8,11,12). The fraction of sp³-hybridized carbons (Fsp3) is 0.571. The van der Waals surface area contributed by atoms with Crippen LogP contribution in [0.5, 0.6) is 0 Å². The lowest BCUT2D eigenvalue weighted by Gasteiger charge is -2.04. The van der Waals surface area contributed by atoms with E-state index in [1.165, 1.54) is 10.8 Å². The van der Waals surface area contributed by atoms with Gasteiger partial charge in [-0.15, -0.1) is 0 Å². The van der Waals surface area contributed by atoms with Gasteiger partial charge in [-0.3, -0.25) is 0 Å². The van der Waals surface area contributed by atoms with Gasteiger partial charge in [-0.2, -0.15) is 0 Å². The first kappa shape index (κ1) is 11.2. The molecule has 14 heavy (non-hydrogen) atoms. The molecule has 0 aliphatic carbocycles. The minimum atomic E-state index is -3.72. The molecule has 7 heteroatoms. The maximum Gasteiger partial charge on any atom is 0.272 e. The summed E-state index contributed by atoms with van der Waals surface area (Å²) in [6, 6.07) is 0.